The van der Waals surface area contributed by atoms with Gasteiger partial charge in [0, 0.05) is 6.42 Å². The molecule has 3 rings (SSSR count). The number of hydrogen-bond donors (Lipinski definition) is 0. The molecule has 0 aromatic heterocycles. The molecular formula is C10H7F3O2. The number of hydrogen-bond acceptors (Lipinski definition) is 2. The Morgan fingerprint density at radius 3 is 2.87 bits per heavy atom. The minimum absolute atomic E-state index is 0.111. The van der Waals surface area contributed by atoms with Crippen molar-refractivity contribution in [2.75, 3.05) is 0 Å². The molecule has 0 bridgehead atoms. The van der Waals surface area contributed by atoms with E-state index in [9.17, 15) is 13.2 Å². The van der Waals surface area contributed by atoms with E-state index in [0.717, 1.165) is 11.1 Å². The molecule has 2 aliphatic rings. The van der Waals surface area contributed by atoms with E-state index in [1.165, 1.54) is 12.1 Å². The number of ether oxygens (including phenoxy) is 2. The number of halogens is 3. The summed E-state index contributed by atoms with van der Waals surface area (Å²) >= 11 is 0. The predicted octanol–water partition coefficient (Wildman–Crippen LogP) is 2.58. The van der Waals surface area contributed by atoms with E-state index in [1.54, 1.807) is 6.07 Å². The van der Waals surface area contributed by atoms with Gasteiger partial charge in [-0.25, -0.2) is 0 Å². The molecule has 80 valence electrons. The topological polar surface area (TPSA) is 21.8 Å². The molecule has 2 atom stereocenters. The summed E-state index contributed by atoms with van der Waals surface area (Å²) in [6.45, 7) is 0. The molecule has 15 heavy (non-hydrogen) atoms. The second-order valence-electron chi connectivity index (χ2n) is 3.71. The summed E-state index contributed by atoms with van der Waals surface area (Å²) in [7, 11) is 0. The molecule has 1 fully saturated rings. The highest BCUT2D eigenvalue weighted by Gasteiger charge is 2.47. The molecule has 1 aromatic rings. The van der Waals surface area contributed by atoms with Gasteiger partial charge < -0.3 is 9.47 Å². The van der Waals surface area contributed by atoms with Crippen LogP contribution in [0.15, 0.2) is 18.2 Å². The summed E-state index contributed by atoms with van der Waals surface area (Å²) in [5.74, 6) is -0.150. The van der Waals surface area contributed by atoms with Crippen LogP contribution in [0.3, 0.4) is 0 Å². The fourth-order valence-corrected chi connectivity index (χ4v) is 2.02. The zero-order chi connectivity index (χ0) is 10.6. The Bertz CT molecular complexity index is 414. The lowest BCUT2D eigenvalue weighted by Crippen LogP contribution is -2.17. The SMILES string of the molecule is FC(F)(F)Oc1ccc2c(c1)CC1OC21. The van der Waals surface area contributed by atoms with Gasteiger partial charge in [0.1, 0.15) is 11.9 Å². The Kier molecular flexibility index (Phi) is 1.60. The van der Waals surface area contributed by atoms with Crippen molar-refractivity contribution in [1.82, 2.24) is 0 Å². The normalized spacial score (nSPS) is 27.1. The van der Waals surface area contributed by atoms with Crippen molar-refractivity contribution in [1.29, 1.82) is 0 Å². The van der Waals surface area contributed by atoms with Gasteiger partial charge in [0.25, 0.3) is 0 Å². The van der Waals surface area contributed by atoms with E-state index in [1.807, 2.05) is 0 Å². The van der Waals surface area contributed by atoms with Crippen molar-refractivity contribution in [3.05, 3.63) is 29.3 Å². The number of rotatable bonds is 1. The molecule has 5 heteroatoms. The van der Waals surface area contributed by atoms with E-state index in [-0.39, 0.29) is 18.0 Å². The van der Waals surface area contributed by atoms with Crippen LogP contribution >= 0.6 is 0 Å². The molecular weight excluding hydrogens is 209 g/mol. The fraction of sp³-hybridized carbons (Fsp3) is 0.400. The van der Waals surface area contributed by atoms with Crippen molar-refractivity contribution in [3.63, 3.8) is 0 Å². The number of alkyl halides is 3. The zero-order valence-corrected chi connectivity index (χ0v) is 7.54. The highest BCUT2D eigenvalue weighted by atomic mass is 19.4. The van der Waals surface area contributed by atoms with Crippen LogP contribution in [0.1, 0.15) is 17.2 Å². The minimum atomic E-state index is -4.62. The Morgan fingerprint density at radius 1 is 1.33 bits per heavy atom. The fourth-order valence-electron chi connectivity index (χ4n) is 2.02. The second-order valence-corrected chi connectivity index (χ2v) is 3.71. The van der Waals surface area contributed by atoms with Gasteiger partial charge in [-0.3, -0.25) is 0 Å². The van der Waals surface area contributed by atoms with Gasteiger partial charge in [-0.05, 0) is 23.3 Å². The standard InChI is InChI=1S/C10H7F3O2/c11-10(12,13)15-6-1-2-7-5(3-6)4-8-9(7)14-8/h1-3,8-9H,4H2. The van der Waals surface area contributed by atoms with Crippen LogP contribution in [0.4, 0.5) is 13.2 Å². The number of benzene rings is 1. The third kappa shape index (κ3) is 1.56. The monoisotopic (exact) mass is 216 g/mol. The van der Waals surface area contributed by atoms with Gasteiger partial charge in [0.15, 0.2) is 0 Å². The first-order valence-corrected chi connectivity index (χ1v) is 4.57. The lowest BCUT2D eigenvalue weighted by Gasteiger charge is -2.10. The van der Waals surface area contributed by atoms with E-state index in [4.69, 9.17) is 4.74 Å². The van der Waals surface area contributed by atoms with Crippen molar-refractivity contribution in [3.8, 4) is 5.75 Å². The molecule has 1 aromatic carbocycles. The number of epoxide rings is 1. The smallest absolute Gasteiger partial charge is 0.406 e. The third-order valence-corrected chi connectivity index (χ3v) is 2.66. The molecule has 0 spiro atoms. The van der Waals surface area contributed by atoms with Crippen LogP contribution in [-0.4, -0.2) is 12.5 Å². The Labute approximate surface area is 83.6 Å². The van der Waals surface area contributed by atoms with Crippen LogP contribution in [0.5, 0.6) is 5.75 Å². The van der Waals surface area contributed by atoms with Crippen molar-refractivity contribution in [2.24, 2.45) is 0 Å². The Morgan fingerprint density at radius 2 is 2.13 bits per heavy atom. The zero-order valence-electron chi connectivity index (χ0n) is 7.54. The van der Waals surface area contributed by atoms with Crippen LogP contribution in [0.2, 0.25) is 0 Å². The van der Waals surface area contributed by atoms with E-state index in [2.05, 4.69) is 4.74 Å². The highest BCUT2D eigenvalue weighted by molar-refractivity contribution is 5.44. The van der Waals surface area contributed by atoms with Crippen molar-refractivity contribution < 1.29 is 22.6 Å². The molecule has 2 nitrogen and oxygen atoms in total. The van der Waals surface area contributed by atoms with Crippen LogP contribution in [-0.2, 0) is 11.2 Å². The first-order chi connectivity index (χ1) is 7.03. The van der Waals surface area contributed by atoms with E-state index < -0.39 is 6.36 Å². The lowest BCUT2D eigenvalue weighted by atomic mass is 10.1. The number of fused-ring (bicyclic) bond motifs is 3. The summed E-state index contributed by atoms with van der Waals surface area (Å²) < 4.78 is 44.9. The van der Waals surface area contributed by atoms with Gasteiger partial charge in [-0.15, -0.1) is 13.2 Å². The van der Waals surface area contributed by atoms with Crippen molar-refractivity contribution >= 4 is 0 Å². The first-order valence-electron chi connectivity index (χ1n) is 4.57. The molecule has 0 N–H and O–H groups in total. The molecule has 0 radical (unpaired) electrons. The summed E-state index contributed by atoms with van der Waals surface area (Å²) in [4.78, 5) is 0. The maximum absolute atomic E-state index is 11.9. The summed E-state index contributed by atoms with van der Waals surface area (Å²) in [6, 6.07) is 4.42. The molecule has 0 amide bonds. The Hall–Kier alpha value is -1.23. The third-order valence-electron chi connectivity index (χ3n) is 2.66. The van der Waals surface area contributed by atoms with Crippen molar-refractivity contribution in [2.45, 2.75) is 25.0 Å². The van der Waals surface area contributed by atoms with Crippen LogP contribution < -0.4 is 4.74 Å². The van der Waals surface area contributed by atoms with E-state index in [0.29, 0.717) is 6.42 Å². The summed E-state index contributed by atoms with van der Waals surface area (Å²) in [5, 5.41) is 0. The van der Waals surface area contributed by atoms with Gasteiger partial charge >= 0.3 is 6.36 Å². The van der Waals surface area contributed by atoms with Gasteiger partial charge in [-0.2, -0.15) is 0 Å². The molecule has 2 unspecified atom stereocenters. The van der Waals surface area contributed by atoms with Gasteiger partial charge in [-0.1, -0.05) is 6.07 Å². The average molecular weight is 216 g/mol. The highest BCUT2D eigenvalue weighted by Crippen LogP contribution is 2.49. The second kappa shape index (κ2) is 2.66. The summed E-state index contributed by atoms with van der Waals surface area (Å²) in [6.07, 6.45) is -3.64. The minimum Gasteiger partial charge on any atom is -0.406 e. The molecule has 1 saturated heterocycles. The maximum Gasteiger partial charge on any atom is 0.573 e. The molecule has 1 aliphatic heterocycles. The predicted molar refractivity (Wildman–Crippen MR) is 44.4 cm³/mol. The van der Waals surface area contributed by atoms with E-state index >= 15 is 0 Å². The summed E-state index contributed by atoms with van der Waals surface area (Å²) in [5.41, 5.74) is 1.90. The average Bonchev–Trinajstić information content (AvgIpc) is 2.75. The molecule has 1 aliphatic carbocycles. The van der Waals surface area contributed by atoms with Gasteiger partial charge in [0.2, 0.25) is 0 Å². The largest absolute Gasteiger partial charge is 0.573 e. The van der Waals surface area contributed by atoms with Crippen LogP contribution in [0, 0.1) is 0 Å². The quantitative estimate of drug-likeness (QED) is 0.673. The molecule has 0 saturated carbocycles. The molecule has 1 heterocycles. The first kappa shape index (κ1) is 9.03. The maximum atomic E-state index is 11.9. The lowest BCUT2D eigenvalue weighted by molar-refractivity contribution is -0.274. The van der Waals surface area contributed by atoms with Crippen LogP contribution in [0.25, 0.3) is 0 Å². The Balaban J connectivity index is 1.87. The van der Waals surface area contributed by atoms with Gasteiger partial charge in [0.05, 0.1) is 6.10 Å².